The zero-order valence-electron chi connectivity index (χ0n) is 19.0. The summed E-state index contributed by atoms with van der Waals surface area (Å²) in [5, 5.41) is 10.5. The first-order valence-corrected chi connectivity index (χ1v) is 11.4. The van der Waals surface area contributed by atoms with Gasteiger partial charge in [-0.1, -0.05) is 11.6 Å². The molecule has 2 fully saturated rings. The quantitative estimate of drug-likeness (QED) is 0.702. The average molecular weight is 459 g/mol. The van der Waals surface area contributed by atoms with Gasteiger partial charge in [-0.15, -0.1) is 0 Å². The molecule has 0 radical (unpaired) electrons. The molecule has 0 aromatic carbocycles. The number of carbonyl (C=O) groups is 1. The van der Waals surface area contributed by atoms with E-state index in [9.17, 15) is 4.79 Å². The predicted octanol–water partition coefficient (Wildman–Crippen LogP) is 2.48. The van der Waals surface area contributed by atoms with Gasteiger partial charge in [-0.05, 0) is 45.6 Å². The van der Waals surface area contributed by atoms with Crippen LogP contribution < -0.4 is 5.73 Å². The van der Waals surface area contributed by atoms with Gasteiger partial charge in [0.25, 0.3) is 5.91 Å². The smallest absolute Gasteiger partial charge is 0.274 e. The van der Waals surface area contributed by atoms with Crippen molar-refractivity contribution in [2.45, 2.75) is 51.6 Å². The van der Waals surface area contributed by atoms with Crippen molar-refractivity contribution in [2.75, 3.05) is 19.6 Å². The molecule has 2 saturated heterocycles. The van der Waals surface area contributed by atoms with Crippen LogP contribution in [0.4, 0.5) is 0 Å². The Bertz CT molecular complexity index is 1010. The van der Waals surface area contributed by atoms with Crippen molar-refractivity contribution in [3.05, 3.63) is 40.1 Å². The van der Waals surface area contributed by atoms with Crippen molar-refractivity contribution in [3.8, 4) is 0 Å². The summed E-state index contributed by atoms with van der Waals surface area (Å²) < 4.78 is 1.57. The number of piperidine rings is 1. The second kappa shape index (κ2) is 9.07. The molecule has 32 heavy (non-hydrogen) atoms. The van der Waals surface area contributed by atoms with Crippen LogP contribution >= 0.6 is 11.6 Å². The molecular weight excluding hydrogens is 428 g/mol. The highest BCUT2D eigenvalue weighted by Crippen LogP contribution is 2.28. The number of aryl methyl sites for hydroxylation is 2. The molecule has 0 bridgehead atoms. The fourth-order valence-electron chi connectivity index (χ4n) is 4.64. The predicted molar refractivity (Wildman–Crippen MR) is 126 cm³/mol. The molecule has 3 aliphatic rings. The number of nitrogens with two attached hydrogens (primary N) is 1. The van der Waals surface area contributed by atoms with Crippen LogP contribution in [0.5, 0.6) is 0 Å². The van der Waals surface area contributed by atoms with E-state index < -0.39 is 0 Å². The number of hydrogen-bond acceptors (Lipinski definition) is 7. The molecule has 1 aromatic rings. The summed E-state index contributed by atoms with van der Waals surface area (Å²) in [5.74, 6) is 1.45. The molecule has 1 amide bonds. The highest BCUT2D eigenvalue weighted by molar-refractivity contribution is 6.34. The van der Waals surface area contributed by atoms with Gasteiger partial charge in [0.1, 0.15) is 11.5 Å². The zero-order valence-corrected chi connectivity index (χ0v) is 19.7. The number of hydrogen-bond donors (Lipinski definition) is 1. The molecular formula is C22H31ClN8O. The van der Waals surface area contributed by atoms with Crippen LogP contribution in [-0.4, -0.2) is 74.8 Å². The van der Waals surface area contributed by atoms with Crippen LogP contribution in [0.1, 0.15) is 48.8 Å². The zero-order chi connectivity index (χ0) is 23.0. The van der Waals surface area contributed by atoms with Crippen molar-refractivity contribution in [1.82, 2.24) is 24.6 Å². The third kappa shape index (κ3) is 4.19. The Labute approximate surface area is 193 Å². The Morgan fingerprint density at radius 1 is 1.31 bits per heavy atom. The first-order valence-electron chi connectivity index (χ1n) is 11.1. The molecule has 10 heteroatoms. The monoisotopic (exact) mass is 458 g/mol. The molecule has 1 aromatic heterocycles. The molecule has 2 N–H and O–H groups in total. The fourth-order valence-corrected chi connectivity index (χ4v) is 4.88. The van der Waals surface area contributed by atoms with Crippen molar-refractivity contribution >= 4 is 30.1 Å². The summed E-state index contributed by atoms with van der Waals surface area (Å²) in [7, 11) is 1.75. The minimum atomic E-state index is -0.126. The molecule has 0 spiro atoms. The summed E-state index contributed by atoms with van der Waals surface area (Å²) in [5.41, 5.74) is 8.20. The lowest BCUT2D eigenvalue weighted by atomic mass is 10.0. The van der Waals surface area contributed by atoms with Gasteiger partial charge in [0.05, 0.1) is 16.8 Å². The summed E-state index contributed by atoms with van der Waals surface area (Å²) in [6.07, 6.45) is 7.72. The van der Waals surface area contributed by atoms with E-state index in [1.54, 1.807) is 23.7 Å². The lowest BCUT2D eigenvalue weighted by Crippen LogP contribution is -2.44. The maximum Gasteiger partial charge on any atom is 0.274 e. The number of amides is 1. The molecule has 0 saturated carbocycles. The molecule has 1 unspecified atom stereocenters. The molecule has 9 nitrogen and oxygen atoms in total. The highest BCUT2D eigenvalue weighted by Gasteiger charge is 2.32. The van der Waals surface area contributed by atoms with Crippen LogP contribution in [-0.2, 0) is 7.05 Å². The molecule has 172 valence electrons. The number of rotatable bonds is 3. The molecule has 3 aliphatic heterocycles. The Balaban J connectivity index is 1.66. The molecule has 4 rings (SSSR count). The molecule has 4 heterocycles. The van der Waals surface area contributed by atoms with E-state index in [4.69, 9.17) is 22.3 Å². The van der Waals surface area contributed by atoms with Crippen molar-refractivity contribution < 1.29 is 4.79 Å². The Morgan fingerprint density at radius 2 is 2.09 bits per heavy atom. The van der Waals surface area contributed by atoms with Gasteiger partial charge in [0, 0.05) is 51.2 Å². The van der Waals surface area contributed by atoms with Crippen molar-refractivity contribution in [2.24, 2.45) is 22.9 Å². The van der Waals surface area contributed by atoms with Crippen LogP contribution in [0.15, 0.2) is 33.8 Å². The Kier molecular flexibility index (Phi) is 6.39. The van der Waals surface area contributed by atoms with E-state index in [-0.39, 0.29) is 18.0 Å². The van der Waals surface area contributed by atoms with Crippen LogP contribution in [0, 0.1) is 6.92 Å². The first kappa shape index (κ1) is 22.5. The highest BCUT2D eigenvalue weighted by atomic mass is 35.5. The van der Waals surface area contributed by atoms with Crippen LogP contribution in [0.2, 0.25) is 5.02 Å². The number of hydrazone groups is 1. The fraction of sp³-hybridized carbons (Fsp3) is 0.545. The lowest BCUT2D eigenvalue weighted by Gasteiger charge is -2.35. The van der Waals surface area contributed by atoms with Gasteiger partial charge in [0.2, 0.25) is 0 Å². The van der Waals surface area contributed by atoms with E-state index >= 15 is 0 Å². The van der Waals surface area contributed by atoms with Gasteiger partial charge >= 0.3 is 0 Å². The maximum absolute atomic E-state index is 13.5. The summed E-state index contributed by atoms with van der Waals surface area (Å²) in [6.45, 7) is 9.84. The first-order chi connectivity index (χ1) is 15.3. The van der Waals surface area contributed by atoms with Crippen LogP contribution in [0.3, 0.4) is 0 Å². The van der Waals surface area contributed by atoms with E-state index in [1.807, 2.05) is 24.1 Å². The Hall–Kier alpha value is -2.65. The van der Waals surface area contributed by atoms with Crippen molar-refractivity contribution in [3.63, 3.8) is 0 Å². The second-order valence-corrected chi connectivity index (χ2v) is 9.06. The van der Waals surface area contributed by atoms with E-state index in [2.05, 4.69) is 21.8 Å². The number of likely N-dealkylation sites (tertiary alicyclic amines) is 2. The standard InChI is InChI=1S/C22H31ClN8O/c1-14-12-31(25-3)18(26-21(14)29-10-8-16(24)13-29)11-17-7-5-6-9-30(17)22(32)20-19(23)15(2)27-28(20)4/h11-12,16-17H,3,5-10,13,24H2,1-2,4H3/b18-11-/t16-,17?/m0/s1. The molecule has 0 aliphatic carbocycles. The minimum Gasteiger partial charge on any atom is -0.355 e. The number of amidine groups is 1. The lowest BCUT2D eigenvalue weighted by molar-refractivity contribution is 0.0651. The van der Waals surface area contributed by atoms with Gasteiger partial charge < -0.3 is 15.5 Å². The number of carbonyl (C=O) groups excluding carboxylic acids is 1. The summed E-state index contributed by atoms with van der Waals surface area (Å²) in [6, 6.07) is 0.0338. The van der Waals surface area contributed by atoms with Gasteiger partial charge in [0.15, 0.2) is 5.82 Å². The Morgan fingerprint density at radius 3 is 2.72 bits per heavy atom. The van der Waals surface area contributed by atoms with Gasteiger partial charge in [-0.3, -0.25) is 9.48 Å². The second-order valence-electron chi connectivity index (χ2n) is 8.69. The maximum atomic E-state index is 13.5. The normalized spacial score (nSPS) is 25.3. The number of halogens is 1. The van der Waals surface area contributed by atoms with E-state index in [0.29, 0.717) is 28.8 Å². The van der Waals surface area contributed by atoms with Gasteiger partial charge in [-0.2, -0.15) is 10.2 Å². The number of nitrogens with zero attached hydrogens (tertiary/aromatic N) is 7. The van der Waals surface area contributed by atoms with Crippen molar-refractivity contribution in [1.29, 1.82) is 0 Å². The summed E-state index contributed by atoms with van der Waals surface area (Å²) in [4.78, 5) is 22.5. The number of aromatic nitrogens is 2. The van der Waals surface area contributed by atoms with Gasteiger partial charge in [-0.25, -0.2) is 10.0 Å². The minimum absolute atomic E-state index is 0.116. The van der Waals surface area contributed by atoms with E-state index in [0.717, 1.165) is 50.2 Å². The molecule has 2 atom stereocenters. The summed E-state index contributed by atoms with van der Waals surface area (Å²) >= 11 is 6.41. The third-order valence-electron chi connectivity index (χ3n) is 6.30. The topological polar surface area (TPSA) is 95.3 Å². The largest absolute Gasteiger partial charge is 0.355 e. The average Bonchev–Trinajstić information content (AvgIpc) is 3.31. The SMILES string of the molecule is C=NN1C=C(C)C(N2CC[C@H](N)C2)=N/C1=C/C1CCCCN1C(=O)c1c(Cl)c(C)nn1C. The number of aliphatic imine (C=N–C) groups is 1. The van der Waals surface area contributed by atoms with Crippen LogP contribution in [0.25, 0.3) is 0 Å². The third-order valence-corrected chi connectivity index (χ3v) is 6.76. The van der Waals surface area contributed by atoms with E-state index in [1.165, 1.54) is 0 Å².